The molecule has 2 rings (SSSR count). The average Bonchev–Trinajstić information content (AvgIpc) is 2.61. The molecule has 0 saturated carbocycles. The third kappa shape index (κ3) is 3.40. The van der Waals surface area contributed by atoms with E-state index < -0.39 is 10.0 Å². The van der Waals surface area contributed by atoms with Gasteiger partial charge in [0.2, 0.25) is 0 Å². The lowest BCUT2D eigenvalue weighted by molar-refractivity contribution is 0.0752. The van der Waals surface area contributed by atoms with Gasteiger partial charge in [-0.2, -0.15) is 4.31 Å². The summed E-state index contributed by atoms with van der Waals surface area (Å²) in [5, 5.41) is 3.07. The van der Waals surface area contributed by atoms with Gasteiger partial charge in [0, 0.05) is 31.1 Å². The third-order valence-corrected chi connectivity index (χ3v) is 6.90. The molecule has 1 fully saturated rings. The van der Waals surface area contributed by atoms with Crippen LogP contribution in [0.1, 0.15) is 23.8 Å². The molecule has 0 spiro atoms. The summed E-state index contributed by atoms with van der Waals surface area (Å²) in [4.78, 5) is 1.07. The molecule has 1 aliphatic heterocycles. The number of hydrogen-bond acceptors (Lipinski definition) is 5. The summed E-state index contributed by atoms with van der Waals surface area (Å²) < 4.78 is 32.9. The quantitative estimate of drug-likeness (QED) is 0.915. The molecule has 7 heteroatoms. The molecule has 1 aromatic heterocycles. The van der Waals surface area contributed by atoms with Gasteiger partial charge < -0.3 is 10.1 Å². The molecule has 1 N–H and O–H groups in total. The fourth-order valence-corrected chi connectivity index (χ4v) is 5.56. The Bertz CT molecular complexity index is 554. The van der Waals surface area contributed by atoms with Crippen LogP contribution in [0.25, 0.3) is 0 Å². The first-order chi connectivity index (χ1) is 9.45. The van der Waals surface area contributed by atoms with Gasteiger partial charge in [0.05, 0.1) is 6.10 Å². The highest BCUT2D eigenvalue weighted by molar-refractivity contribution is 7.91. The number of aryl methyl sites for hydroxylation is 1. The van der Waals surface area contributed by atoms with Gasteiger partial charge in [0.15, 0.2) is 0 Å². The van der Waals surface area contributed by atoms with E-state index in [1.54, 1.807) is 10.4 Å². The summed E-state index contributed by atoms with van der Waals surface area (Å²) in [5.74, 6) is 0. The highest BCUT2D eigenvalue weighted by atomic mass is 32.2. The van der Waals surface area contributed by atoms with Crippen LogP contribution in [-0.2, 0) is 21.3 Å². The van der Waals surface area contributed by atoms with Crippen molar-refractivity contribution in [3.8, 4) is 0 Å². The summed E-state index contributed by atoms with van der Waals surface area (Å²) in [5.41, 5.74) is 1.03. The average molecular weight is 318 g/mol. The van der Waals surface area contributed by atoms with Crippen LogP contribution in [0, 0.1) is 6.92 Å². The SMILES string of the molecule is CNCc1sc(S(=O)(=O)N2CCCOC(C)C2)cc1C. The Hall–Kier alpha value is -0.470. The van der Waals surface area contributed by atoms with Gasteiger partial charge in [0.1, 0.15) is 4.21 Å². The molecular formula is C13H22N2O3S2. The third-order valence-electron chi connectivity index (χ3n) is 3.34. The van der Waals surface area contributed by atoms with Crippen molar-refractivity contribution in [2.24, 2.45) is 0 Å². The molecule has 1 aliphatic rings. The molecule has 0 aliphatic carbocycles. The van der Waals surface area contributed by atoms with Crippen LogP contribution in [-0.4, -0.2) is 45.6 Å². The van der Waals surface area contributed by atoms with Crippen LogP contribution in [0.2, 0.25) is 0 Å². The van der Waals surface area contributed by atoms with Gasteiger partial charge in [-0.3, -0.25) is 0 Å². The Balaban J connectivity index is 2.26. The minimum atomic E-state index is -3.39. The molecule has 5 nitrogen and oxygen atoms in total. The van der Waals surface area contributed by atoms with E-state index in [2.05, 4.69) is 5.32 Å². The van der Waals surface area contributed by atoms with Crippen molar-refractivity contribution in [1.82, 2.24) is 9.62 Å². The zero-order valence-electron chi connectivity index (χ0n) is 12.2. The highest BCUT2D eigenvalue weighted by Gasteiger charge is 2.29. The smallest absolute Gasteiger partial charge is 0.252 e. The largest absolute Gasteiger partial charge is 0.377 e. The predicted octanol–water partition coefficient (Wildman–Crippen LogP) is 1.58. The van der Waals surface area contributed by atoms with Gasteiger partial charge >= 0.3 is 0 Å². The Morgan fingerprint density at radius 2 is 2.30 bits per heavy atom. The van der Waals surface area contributed by atoms with E-state index in [1.165, 1.54) is 11.3 Å². The fraction of sp³-hybridized carbons (Fsp3) is 0.692. The number of sulfonamides is 1. The maximum atomic E-state index is 12.7. The molecular weight excluding hydrogens is 296 g/mol. The van der Waals surface area contributed by atoms with Gasteiger partial charge in [-0.15, -0.1) is 11.3 Å². The van der Waals surface area contributed by atoms with Crippen molar-refractivity contribution in [2.75, 3.05) is 26.7 Å². The fourth-order valence-electron chi connectivity index (χ4n) is 2.25. The zero-order chi connectivity index (χ0) is 14.8. The number of thiophene rings is 1. The summed E-state index contributed by atoms with van der Waals surface area (Å²) >= 11 is 1.36. The van der Waals surface area contributed by atoms with E-state index >= 15 is 0 Å². The standard InChI is InChI=1S/C13H22N2O3S2/c1-10-7-13(19-12(10)8-14-3)20(16,17)15-5-4-6-18-11(2)9-15/h7,11,14H,4-6,8-9H2,1-3H3. The summed E-state index contributed by atoms with van der Waals surface area (Å²) in [6.45, 7) is 6.16. The Labute approximate surface area is 125 Å². The van der Waals surface area contributed by atoms with E-state index in [1.807, 2.05) is 20.9 Å². The number of rotatable bonds is 4. The second-order valence-electron chi connectivity index (χ2n) is 5.10. The van der Waals surface area contributed by atoms with Crippen molar-refractivity contribution >= 4 is 21.4 Å². The molecule has 114 valence electrons. The van der Waals surface area contributed by atoms with Crippen molar-refractivity contribution < 1.29 is 13.2 Å². The molecule has 1 unspecified atom stereocenters. The van der Waals surface area contributed by atoms with E-state index in [0.29, 0.717) is 30.5 Å². The lowest BCUT2D eigenvalue weighted by atomic mass is 10.3. The Kier molecular flexibility index (Phi) is 5.19. The van der Waals surface area contributed by atoms with Gasteiger partial charge in [-0.05, 0) is 38.9 Å². The van der Waals surface area contributed by atoms with Crippen molar-refractivity contribution in [2.45, 2.75) is 37.1 Å². The normalized spacial score (nSPS) is 21.9. The van der Waals surface area contributed by atoms with Gasteiger partial charge in [-0.25, -0.2) is 8.42 Å². The molecule has 20 heavy (non-hydrogen) atoms. The maximum Gasteiger partial charge on any atom is 0.252 e. The molecule has 2 heterocycles. The summed E-state index contributed by atoms with van der Waals surface area (Å²) in [6.07, 6.45) is 0.697. The monoisotopic (exact) mass is 318 g/mol. The lowest BCUT2D eigenvalue weighted by Crippen LogP contribution is -2.35. The van der Waals surface area contributed by atoms with Crippen molar-refractivity contribution in [3.63, 3.8) is 0 Å². The lowest BCUT2D eigenvalue weighted by Gasteiger charge is -2.20. The van der Waals surface area contributed by atoms with E-state index in [9.17, 15) is 8.42 Å². The first-order valence-electron chi connectivity index (χ1n) is 6.81. The molecule has 0 amide bonds. The second-order valence-corrected chi connectivity index (χ2v) is 8.40. The molecule has 0 aromatic carbocycles. The predicted molar refractivity (Wildman–Crippen MR) is 80.6 cm³/mol. The molecule has 0 bridgehead atoms. The maximum absolute atomic E-state index is 12.7. The van der Waals surface area contributed by atoms with Crippen LogP contribution in [0.3, 0.4) is 0 Å². The van der Waals surface area contributed by atoms with E-state index in [4.69, 9.17) is 4.74 Å². The van der Waals surface area contributed by atoms with Crippen LogP contribution in [0.5, 0.6) is 0 Å². The first-order valence-corrected chi connectivity index (χ1v) is 9.06. The Morgan fingerprint density at radius 3 is 3.00 bits per heavy atom. The number of nitrogens with one attached hydrogen (secondary N) is 1. The zero-order valence-corrected chi connectivity index (χ0v) is 13.8. The van der Waals surface area contributed by atoms with Crippen molar-refractivity contribution in [1.29, 1.82) is 0 Å². The van der Waals surface area contributed by atoms with E-state index in [0.717, 1.165) is 16.9 Å². The molecule has 1 atom stereocenters. The van der Waals surface area contributed by atoms with Crippen LogP contribution >= 0.6 is 11.3 Å². The van der Waals surface area contributed by atoms with Crippen LogP contribution in [0.15, 0.2) is 10.3 Å². The topological polar surface area (TPSA) is 58.6 Å². The molecule has 1 saturated heterocycles. The number of ether oxygens (including phenoxy) is 1. The minimum absolute atomic E-state index is 0.0508. The van der Waals surface area contributed by atoms with Crippen molar-refractivity contribution in [3.05, 3.63) is 16.5 Å². The van der Waals surface area contributed by atoms with E-state index in [-0.39, 0.29) is 6.10 Å². The molecule has 0 radical (unpaired) electrons. The second kappa shape index (κ2) is 6.53. The number of hydrogen-bond donors (Lipinski definition) is 1. The molecule has 1 aromatic rings. The summed E-state index contributed by atoms with van der Waals surface area (Å²) in [7, 11) is -1.53. The van der Waals surface area contributed by atoms with Gasteiger partial charge in [-0.1, -0.05) is 0 Å². The first kappa shape index (κ1) is 15.9. The Morgan fingerprint density at radius 1 is 1.55 bits per heavy atom. The van der Waals surface area contributed by atoms with Crippen LogP contribution in [0.4, 0.5) is 0 Å². The van der Waals surface area contributed by atoms with Gasteiger partial charge in [0.25, 0.3) is 10.0 Å². The number of nitrogens with zero attached hydrogens (tertiary/aromatic N) is 1. The van der Waals surface area contributed by atoms with Crippen LogP contribution < -0.4 is 5.32 Å². The summed E-state index contributed by atoms with van der Waals surface area (Å²) in [6, 6.07) is 1.78. The highest BCUT2D eigenvalue weighted by Crippen LogP contribution is 2.29. The minimum Gasteiger partial charge on any atom is -0.377 e.